The molecule has 0 aromatic carbocycles. The maximum Gasteiger partial charge on any atom is 0.319 e. The second-order valence-corrected chi connectivity index (χ2v) is 2.72. The van der Waals surface area contributed by atoms with E-state index in [9.17, 15) is 4.79 Å². The lowest BCUT2D eigenvalue weighted by molar-refractivity contribution is 0.175. The molecule has 0 saturated heterocycles. The van der Waals surface area contributed by atoms with Crippen molar-refractivity contribution in [2.24, 2.45) is 0 Å². The number of hydrogen-bond donors (Lipinski definition) is 0. The summed E-state index contributed by atoms with van der Waals surface area (Å²) in [5, 5.41) is 0. The summed E-state index contributed by atoms with van der Waals surface area (Å²) in [4.78, 5) is 14.8. The normalized spacial score (nSPS) is 8.46. The smallest absolute Gasteiger partial charge is 0.319 e. The molecule has 80 valence electrons. The Morgan fingerprint density at radius 3 is 1.85 bits per heavy atom. The van der Waals surface area contributed by atoms with Crippen molar-refractivity contribution < 1.29 is 4.79 Å². The van der Waals surface area contributed by atoms with Crippen LogP contribution >= 0.6 is 0 Å². The van der Waals surface area contributed by atoms with E-state index >= 15 is 0 Å². The van der Waals surface area contributed by atoms with Gasteiger partial charge in [0, 0.05) is 27.2 Å². The van der Waals surface area contributed by atoms with E-state index in [1.165, 1.54) is 0 Å². The third-order valence-corrected chi connectivity index (χ3v) is 1.69. The van der Waals surface area contributed by atoms with Crippen LogP contribution in [0.5, 0.6) is 0 Å². The Kier molecular flexibility index (Phi) is 10.6. The molecule has 2 amide bonds. The van der Waals surface area contributed by atoms with Crippen LogP contribution in [0, 0.1) is 0 Å². The van der Waals surface area contributed by atoms with Crippen molar-refractivity contribution in [2.75, 3.05) is 27.2 Å². The van der Waals surface area contributed by atoms with Crippen molar-refractivity contribution in [2.45, 2.75) is 34.1 Å². The molecular weight excluding hydrogens is 164 g/mol. The number of amides is 2. The fraction of sp³-hybridized carbons (Fsp3) is 0.900. The van der Waals surface area contributed by atoms with Gasteiger partial charge in [0.25, 0.3) is 0 Å². The van der Waals surface area contributed by atoms with Crippen LogP contribution in [0.15, 0.2) is 0 Å². The van der Waals surface area contributed by atoms with Crippen LogP contribution in [-0.4, -0.2) is 43.0 Å². The molecule has 0 aliphatic heterocycles. The Bertz CT molecular complexity index is 126. The lowest BCUT2D eigenvalue weighted by atomic mass is 10.4. The van der Waals surface area contributed by atoms with E-state index in [4.69, 9.17) is 0 Å². The molecule has 0 spiro atoms. The molecule has 0 rings (SSSR count). The zero-order valence-electron chi connectivity index (χ0n) is 9.92. The molecule has 0 bridgehead atoms. The number of urea groups is 1. The molecule has 0 unspecified atom stereocenters. The first-order valence-electron chi connectivity index (χ1n) is 5.09. The molecule has 0 aromatic heterocycles. The zero-order valence-corrected chi connectivity index (χ0v) is 9.92. The maximum atomic E-state index is 11.3. The summed E-state index contributed by atoms with van der Waals surface area (Å²) in [6, 6.07) is 0.106. The highest BCUT2D eigenvalue weighted by Crippen LogP contribution is 1.93. The summed E-state index contributed by atoms with van der Waals surface area (Å²) in [7, 11) is 3.65. The first kappa shape index (κ1) is 14.8. The second-order valence-electron chi connectivity index (χ2n) is 2.72. The van der Waals surface area contributed by atoms with Crippen LogP contribution in [0.2, 0.25) is 0 Å². The van der Waals surface area contributed by atoms with Gasteiger partial charge in [-0.05, 0) is 13.3 Å². The van der Waals surface area contributed by atoms with Crippen molar-refractivity contribution in [3.8, 4) is 0 Å². The summed E-state index contributed by atoms with van der Waals surface area (Å²) < 4.78 is 0. The van der Waals surface area contributed by atoms with E-state index < -0.39 is 0 Å². The van der Waals surface area contributed by atoms with Gasteiger partial charge >= 0.3 is 6.03 Å². The van der Waals surface area contributed by atoms with Gasteiger partial charge in [-0.1, -0.05) is 20.8 Å². The molecule has 3 heteroatoms. The SMILES string of the molecule is CC.CCCN(C)C(=O)N(C)CC. The van der Waals surface area contributed by atoms with Crippen LogP contribution < -0.4 is 0 Å². The molecule has 0 atom stereocenters. The first-order valence-corrected chi connectivity index (χ1v) is 5.09. The van der Waals surface area contributed by atoms with Gasteiger partial charge in [0.05, 0.1) is 0 Å². The van der Waals surface area contributed by atoms with Gasteiger partial charge in [0.15, 0.2) is 0 Å². The van der Waals surface area contributed by atoms with E-state index in [1.54, 1.807) is 9.80 Å². The topological polar surface area (TPSA) is 23.6 Å². The van der Waals surface area contributed by atoms with E-state index in [2.05, 4.69) is 6.92 Å². The maximum absolute atomic E-state index is 11.3. The van der Waals surface area contributed by atoms with Gasteiger partial charge in [-0.2, -0.15) is 0 Å². The van der Waals surface area contributed by atoms with E-state index in [1.807, 2.05) is 34.9 Å². The minimum absolute atomic E-state index is 0.106. The first-order chi connectivity index (χ1) is 6.13. The lowest BCUT2D eigenvalue weighted by Crippen LogP contribution is -2.38. The number of hydrogen-bond acceptors (Lipinski definition) is 1. The van der Waals surface area contributed by atoms with Crippen molar-refractivity contribution in [1.82, 2.24) is 9.80 Å². The molecule has 13 heavy (non-hydrogen) atoms. The summed E-state index contributed by atoms with van der Waals surface area (Å²) >= 11 is 0. The average Bonchev–Trinajstić information content (AvgIpc) is 2.19. The van der Waals surface area contributed by atoms with Crippen LogP contribution in [0.25, 0.3) is 0 Å². The fourth-order valence-corrected chi connectivity index (χ4v) is 0.858. The Morgan fingerprint density at radius 2 is 1.54 bits per heavy atom. The van der Waals surface area contributed by atoms with E-state index in [0.717, 1.165) is 19.5 Å². The standard InChI is InChI=1S/C8H18N2O.C2H6/c1-5-7-10(4)8(11)9(3)6-2;1-2/h5-7H2,1-4H3;1-2H3. The molecule has 0 aliphatic carbocycles. The quantitative estimate of drug-likeness (QED) is 0.667. The Labute approximate surface area is 82.7 Å². The Morgan fingerprint density at radius 1 is 1.08 bits per heavy atom. The summed E-state index contributed by atoms with van der Waals surface area (Å²) in [5.41, 5.74) is 0. The molecular formula is C10H24N2O. The Balaban J connectivity index is 0. The van der Waals surface area contributed by atoms with Gasteiger partial charge in [0.1, 0.15) is 0 Å². The van der Waals surface area contributed by atoms with Crippen molar-refractivity contribution in [1.29, 1.82) is 0 Å². The van der Waals surface area contributed by atoms with Crippen molar-refractivity contribution in [3.05, 3.63) is 0 Å². The van der Waals surface area contributed by atoms with Crippen LogP contribution in [0.1, 0.15) is 34.1 Å². The van der Waals surface area contributed by atoms with Gasteiger partial charge in [-0.15, -0.1) is 0 Å². The van der Waals surface area contributed by atoms with E-state index in [-0.39, 0.29) is 6.03 Å². The number of carbonyl (C=O) groups excluding carboxylic acids is 1. The Hall–Kier alpha value is -0.730. The van der Waals surface area contributed by atoms with Crippen molar-refractivity contribution >= 4 is 6.03 Å². The van der Waals surface area contributed by atoms with Gasteiger partial charge in [0.2, 0.25) is 0 Å². The zero-order chi connectivity index (χ0) is 10.9. The number of nitrogens with zero attached hydrogens (tertiary/aromatic N) is 2. The fourth-order valence-electron chi connectivity index (χ4n) is 0.858. The third kappa shape index (κ3) is 6.43. The molecule has 3 nitrogen and oxygen atoms in total. The monoisotopic (exact) mass is 188 g/mol. The van der Waals surface area contributed by atoms with Crippen LogP contribution in [0.4, 0.5) is 4.79 Å². The van der Waals surface area contributed by atoms with E-state index in [0.29, 0.717) is 0 Å². The minimum atomic E-state index is 0.106. The van der Waals surface area contributed by atoms with Gasteiger partial charge < -0.3 is 9.80 Å². The highest BCUT2D eigenvalue weighted by molar-refractivity contribution is 5.73. The lowest BCUT2D eigenvalue weighted by Gasteiger charge is -2.23. The predicted molar refractivity (Wildman–Crippen MR) is 58.0 cm³/mol. The molecule has 0 heterocycles. The summed E-state index contributed by atoms with van der Waals surface area (Å²) in [5.74, 6) is 0. The van der Waals surface area contributed by atoms with Crippen LogP contribution in [0.3, 0.4) is 0 Å². The molecule has 0 N–H and O–H groups in total. The molecule has 0 saturated carbocycles. The summed E-state index contributed by atoms with van der Waals surface area (Å²) in [6.07, 6.45) is 1.01. The second kappa shape index (κ2) is 9.36. The molecule has 0 aliphatic rings. The van der Waals surface area contributed by atoms with Crippen LogP contribution in [-0.2, 0) is 0 Å². The molecule has 0 radical (unpaired) electrons. The molecule has 0 fully saturated rings. The molecule has 0 aromatic rings. The number of rotatable bonds is 3. The van der Waals surface area contributed by atoms with Gasteiger partial charge in [-0.3, -0.25) is 0 Å². The summed E-state index contributed by atoms with van der Waals surface area (Å²) in [6.45, 7) is 9.64. The number of carbonyl (C=O) groups is 1. The van der Waals surface area contributed by atoms with Crippen molar-refractivity contribution in [3.63, 3.8) is 0 Å². The predicted octanol–water partition coefficient (Wildman–Crippen LogP) is 2.43. The highest BCUT2D eigenvalue weighted by atomic mass is 16.2. The largest absolute Gasteiger partial charge is 0.328 e. The third-order valence-electron chi connectivity index (χ3n) is 1.69. The van der Waals surface area contributed by atoms with Gasteiger partial charge in [-0.25, -0.2) is 4.79 Å². The average molecular weight is 188 g/mol. The highest BCUT2D eigenvalue weighted by Gasteiger charge is 2.10. The minimum Gasteiger partial charge on any atom is -0.328 e.